The van der Waals surface area contributed by atoms with Gasteiger partial charge in [0.15, 0.2) is 0 Å². The van der Waals surface area contributed by atoms with Crippen molar-refractivity contribution in [2.24, 2.45) is 0 Å². The first-order valence-electron chi connectivity index (χ1n) is 13.8. The maximum Gasteiger partial charge on any atom is 0.261 e. The molecule has 0 saturated carbocycles. The van der Waals surface area contributed by atoms with E-state index >= 15 is 0 Å². The number of fused-ring (bicyclic) bond motifs is 1. The van der Waals surface area contributed by atoms with Crippen molar-refractivity contribution in [2.75, 3.05) is 36.5 Å². The minimum atomic E-state index is -0.418. The second-order valence-electron chi connectivity index (χ2n) is 10.3. The number of rotatable bonds is 9. The number of halogens is 1. The van der Waals surface area contributed by atoms with E-state index in [2.05, 4.69) is 19.8 Å². The lowest BCUT2D eigenvalue weighted by atomic mass is 10.0. The quantitative estimate of drug-likeness (QED) is 0.313. The van der Waals surface area contributed by atoms with Crippen LogP contribution in [-0.2, 0) is 11.3 Å². The summed E-state index contributed by atoms with van der Waals surface area (Å²) in [4.78, 5) is 50.3. The third-order valence-corrected chi connectivity index (χ3v) is 7.52. The summed E-state index contributed by atoms with van der Waals surface area (Å²) in [6, 6.07) is 15.9. The minimum Gasteiger partial charge on any atom is -0.356 e. The molecule has 0 bridgehead atoms. The number of aromatic nitrogens is 4. The Hall–Kier alpha value is -4.54. The van der Waals surface area contributed by atoms with Gasteiger partial charge in [0.1, 0.15) is 5.82 Å². The molecule has 214 valence electrons. The van der Waals surface area contributed by atoms with Crippen LogP contribution in [0.15, 0.2) is 65.6 Å². The number of imidazole rings is 1. The van der Waals surface area contributed by atoms with Crippen molar-refractivity contribution in [2.45, 2.75) is 45.2 Å². The van der Waals surface area contributed by atoms with Gasteiger partial charge in [-0.2, -0.15) is 0 Å². The highest BCUT2D eigenvalue weighted by atomic mass is 19.1. The molecule has 2 aromatic carbocycles. The first-order chi connectivity index (χ1) is 19.8. The summed E-state index contributed by atoms with van der Waals surface area (Å²) in [7, 11) is 1.87. The molecular formula is C30H34FN7O3. The second-order valence-corrected chi connectivity index (χ2v) is 10.3. The van der Waals surface area contributed by atoms with E-state index in [-0.39, 0.29) is 30.1 Å². The number of anilines is 2. The number of benzene rings is 2. The topological polar surface area (TPSA) is 105 Å². The molecular weight excluding hydrogens is 525 g/mol. The molecule has 1 aliphatic rings. The highest BCUT2D eigenvalue weighted by Crippen LogP contribution is 2.28. The Balaban J connectivity index is 1.31. The predicted molar refractivity (Wildman–Crippen MR) is 156 cm³/mol. The van der Waals surface area contributed by atoms with Gasteiger partial charge >= 0.3 is 0 Å². The summed E-state index contributed by atoms with van der Waals surface area (Å²) >= 11 is 0. The predicted octanol–water partition coefficient (Wildman–Crippen LogP) is 3.44. The summed E-state index contributed by atoms with van der Waals surface area (Å²) in [6.07, 6.45) is 3.54. The van der Waals surface area contributed by atoms with E-state index in [0.717, 1.165) is 53.0 Å². The van der Waals surface area contributed by atoms with Crippen LogP contribution in [0.1, 0.15) is 43.0 Å². The largest absolute Gasteiger partial charge is 0.356 e. The Morgan fingerprint density at radius 1 is 1.07 bits per heavy atom. The molecule has 1 N–H and O–H groups in total. The molecule has 4 aromatic rings. The number of hydrogen-bond acceptors (Lipinski definition) is 7. The molecule has 5 rings (SSSR count). The van der Waals surface area contributed by atoms with Gasteiger partial charge < -0.3 is 19.7 Å². The van der Waals surface area contributed by atoms with E-state index in [1.54, 1.807) is 12.1 Å². The van der Waals surface area contributed by atoms with E-state index in [1.165, 1.54) is 31.3 Å². The summed E-state index contributed by atoms with van der Waals surface area (Å²) in [5, 5.41) is 2.67. The van der Waals surface area contributed by atoms with Crippen molar-refractivity contribution in [1.29, 1.82) is 0 Å². The van der Waals surface area contributed by atoms with E-state index in [0.29, 0.717) is 25.5 Å². The number of nitrogens with one attached hydrogen (secondary N) is 1. The maximum atomic E-state index is 13.5. The van der Waals surface area contributed by atoms with Crippen molar-refractivity contribution in [1.82, 2.24) is 24.4 Å². The fourth-order valence-corrected chi connectivity index (χ4v) is 5.35. The van der Waals surface area contributed by atoms with Crippen molar-refractivity contribution in [3.63, 3.8) is 0 Å². The zero-order valence-corrected chi connectivity index (χ0v) is 23.3. The van der Waals surface area contributed by atoms with Gasteiger partial charge in [-0.1, -0.05) is 24.3 Å². The lowest BCUT2D eigenvalue weighted by Gasteiger charge is -2.38. The van der Waals surface area contributed by atoms with Gasteiger partial charge in [-0.25, -0.2) is 18.9 Å². The molecule has 3 heterocycles. The first kappa shape index (κ1) is 28.0. The average molecular weight is 560 g/mol. The fourth-order valence-electron chi connectivity index (χ4n) is 5.35. The summed E-state index contributed by atoms with van der Waals surface area (Å²) in [5.74, 6) is 0.418. The number of carbonyl (C=O) groups excluding carboxylic acids is 2. The molecule has 1 amide bonds. The zero-order valence-electron chi connectivity index (χ0n) is 23.3. The van der Waals surface area contributed by atoms with Crippen molar-refractivity contribution < 1.29 is 14.0 Å². The minimum absolute atomic E-state index is 0.0638. The van der Waals surface area contributed by atoms with Crippen LogP contribution >= 0.6 is 0 Å². The van der Waals surface area contributed by atoms with Gasteiger partial charge in [0.2, 0.25) is 23.7 Å². The number of hydrogen-bond donors (Lipinski definition) is 1. The third-order valence-electron chi connectivity index (χ3n) is 7.52. The third kappa shape index (κ3) is 6.29. The van der Waals surface area contributed by atoms with Crippen LogP contribution in [0.2, 0.25) is 0 Å². The van der Waals surface area contributed by atoms with E-state index in [1.807, 2.05) is 36.2 Å². The molecule has 0 radical (unpaired) electrons. The number of carbonyl (C=O) groups is 2. The fraction of sp³-hybridized carbons (Fsp3) is 0.367. The van der Waals surface area contributed by atoms with Crippen molar-refractivity contribution in [3.05, 3.63) is 82.5 Å². The van der Waals surface area contributed by atoms with Crippen LogP contribution in [-0.4, -0.2) is 63.6 Å². The molecule has 1 saturated heterocycles. The van der Waals surface area contributed by atoms with E-state index < -0.39 is 5.56 Å². The van der Waals surface area contributed by atoms with Gasteiger partial charge in [-0.05, 0) is 49.1 Å². The van der Waals surface area contributed by atoms with Crippen LogP contribution in [0.5, 0.6) is 0 Å². The number of nitrogens with zero attached hydrogens (tertiary/aromatic N) is 6. The normalized spacial score (nSPS) is 13.9. The van der Waals surface area contributed by atoms with Crippen LogP contribution in [0.4, 0.5) is 16.3 Å². The van der Waals surface area contributed by atoms with Gasteiger partial charge in [0.05, 0.1) is 17.6 Å². The van der Waals surface area contributed by atoms with Crippen LogP contribution < -0.4 is 20.7 Å². The number of piperidine rings is 1. The standard InChI is InChI=1S/C30H34FN7O3/c1-21(39)32-16-5-8-27(40)38-28(41)13-17-33-29(38)35(2)24-14-18-36(19-15-24)30-34-25-6-3-4-7-26(25)37(30)20-22-9-11-23(31)12-10-22/h3-4,6-7,9-13,17,24H,5,8,14-16,18-20H2,1-2H3,(H,32,39). The van der Waals surface area contributed by atoms with Gasteiger partial charge in [0, 0.05) is 58.3 Å². The molecule has 1 aliphatic heterocycles. The number of para-hydroxylation sites is 2. The Kier molecular flexibility index (Phi) is 8.42. The van der Waals surface area contributed by atoms with Crippen molar-refractivity contribution in [3.8, 4) is 0 Å². The average Bonchev–Trinajstić information content (AvgIpc) is 3.34. The van der Waals surface area contributed by atoms with Gasteiger partial charge in [0.25, 0.3) is 5.56 Å². The SMILES string of the molecule is CC(=O)NCCCC(=O)n1c(N(C)C2CCN(c3nc4ccccc4n3Cc3ccc(F)cc3)CC2)nccc1=O. The summed E-state index contributed by atoms with van der Waals surface area (Å²) in [5.41, 5.74) is 2.48. The molecule has 0 spiro atoms. The summed E-state index contributed by atoms with van der Waals surface area (Å²) in [6.45, 7) is 3.81. The molecule has 0 unspecified atom stereocenters. The molecule has 1 fully saturated rings. The number of amides is 1. The Labute approximate surface area is 237 Å². The highest BCUT2D eigenvalue weighted by molar-refractivity contribution is 5.82. The lowest BCUT2D eigenvalue weighted by molar-refractivity contribution is -0.118. The molecule has 0 atom stereocenters. The van der Waals surface area contributed by atoms with Crippen LogP contribution in [0.3, 0.4) is 0 Å². The molecule has 2 aromatic heterocycles. The molecule has 11 heteroatoms. The maximum absolute atomic E-state index is 13.5. The molecule has 0 aliphatic carbocycles. The Morgan fingerprint density at radius 2 is 1.80 bits per heavy atom. The second kappa shape index (κ2) is 12.3. The lowest BCUT2D eigenvalue weighted by Crippen LogP contribution is -2.46. The molecule has 10 nitrogen and oxygen atoms in total. The van der Waals surface area contributed by atoms with Crippen LogP contribution in [0, 0.1) is 5.82 Å². The monoisotopic (exact) mass is 559 g/mol. The Morgan fingerprint density at radius 3 is 2.54 bits per heavy atom. The van der Waals surface area contributed by atoms with Gasteiger partial charge in [-0.3, -0.25) is 14.4 Å². The van der Waals surface area contributed by atoms with Crippen LogP contribution in [0.25, 0.3) is 11.0 Å². The Bertz CT molecular complexity index is 1590. The smallest absolute Gasteiger partial charge is 0.261 e. The first-order valence-corrected chi connectivity index (χ1v) is 13.8. The highest BCUT2D eigenvalue weighted by Gasteiger charge is 2.28. The van der Waals surface area contributed by atoms with E-state index in [4.69, 9.17) is 4.98 Å². The van der Waals surface area contributed by atoms with Gasteiger partial charge in [-0.15, -0.1) is 0 Å². The zero-order chi connectivity index (χ0) is 28.9. The summed E-state index contributed by atoms with van der Waals surface area (Å²) < 4.78 is 16.8. The van der Waals surface area contributed by atoms with E-state index in [9.17, 15) is 18.8 Å². The van der Waals surface area contributed by atoms with Crippen molar-refractivity contribution >= 4 is 34.7 Å². The molecule has 41 heavy (non-hydrogen) atoms.